The summed E-state index contributed by atoms with van der Waals surface area (Å²) in [6.45, 7) is 1.61. The zero-order chi connectivity index (χ0) is 10.3. The lowest BCUT2D eigenvalue weighted by molar-refractivity contribution is 0.677. The molecule has 0 unspecified atom stereocenters. The molecule has 1 aromatic carbocycles. The van der Waals surface area contributed by atoms with Crippen LogP contribution in [0.5, 0.6) is 0 Å². The molecule has 0 bridgehead atoms. The number of nitrogens with one attached hydrogen (secondary N) is 1. The Labute approximate surface area is 89.2 Å². The first kappa shape index (κ1) is 9.80. The highest BCUT2D eigenvalue weighted by atomic mass is 14.9. The first-order valence-electron chi connectivity index (χ1n) is 4.95. The van der Waals surface area contributed by atoms with Gasteiger partial charge in [-0.15, -0.1) is 0 Å². The van der Waals surface area contributed by atoms with Crippen LogP contribution in [0.15, 0.2) is 48.9 Å². The molecule has 3 heteroatoms. The van der Waals surface area contributed by atoms with Crippen LogP contribution in [0, 0.1) is 0 Å². The number of hydrogen-bond donors (Lipinski definition) is 1. The number of benzene rings is 1. The van der Waals surface area contributed by atoms with E-state index in [-0.39, 0.29) is 0 Å². The third kappa shape index (κ3) is 3.14. The Morgan fingerprint density at radius 2 is 1.87 bits per heavy atom. The third-order valence-electron chi connectivity index (χ3n) is 2.09. The van der Waals surface area contributed by atoms with Crippen molar-refractivity contribution in [3.8, 4) is 0 Å². The Morgan fingerprint density at radius 3 is 2.60 bits per heavy atom. The smallest absolute Gasteiger partial charge is 0.0724 e. The Kier molecular flexibility index (Phi) is 3.41. The van der Waals surface area contributed by atoms with E-state index in [9.17, 15) is 0 Å². The number of rotatable bonds is 4. The fourth-order valence-corrected chi connectivity index (χ4v) is 1.35. The predicted molar refractivity (Wildman–Crippen MR) is 59.0 cm³/mol. The van der Waals surface area contributed by atoms with Crippen molar-refractivity contribution in [1.29, 1.82) is 0 Å². The predicted octanol–water partition coefficient (Wildman–Crippen LogP) is 1.77. The fraction of sp³-hybridized carbons (Fsp3) is 0.167. The van der Waals surface area contributed by atoms with Crippen LogP contribution in [-0.4, -0.2) is 9.97 Å². The molecule has 0 spiro atoms. The summed E-state index contributed by atoms with van der Waals surface area (Å²) in [5, 5.41) is 3.32. The summed E-state index contributed by atoms with van der Waals surface area (Å²) in [6.07, 6.45) is 5.16. The van der Waals surface area contributed by atoms with Gasteiger partial charge >= 0.3 is 0 Å². The summed E-state index contributed by atoms with van der Waals surface area (Å²) in [6, 6.07) is 10.3. The molecule has 0 radical (unpaired) electrons. The Hall–Kier alpha value is -1.74. The lowest BCUT2D eigenvalue weighted by Gasteiger charge is -2.03. The maximum atomic E-state index is 4.18. The van der Waals surface area contributed by atoms with Crippen LogP contribution in [0.25, 0.3) is 0 Å². The van der Waals surface area contributed by atoms with E-state index in [1.54, 1.807) is 18.6 Å². The fourth-order valence-electron chi connectivity index (χ4n) is 1.35. The highest BCUT2D eigenvalue weighted by Gasteiger charge is 1.93. The van der Waals surface area contributed by atoms with E-state index in [1.165, 1.54) is 5.56 Å². The van der Waals surface area contributed by atoms with Crippen LogP contribution in [0.3, 0.4) is 0 Å². The largest absolute Gasteiger partial charge is 0.307 e. The molecule has 0 amide bonds. The first-order chi connectivity index (χ1) is 7.45. The second kappa shape index (κ2) is 5.22. The lowest BCUT2D eigenvalue weighted by Crippen LogP contribution is -2.13. The minimum Gasteiger partial charge on any atom is -0.307 e. The molecule has 2 aromatic rings. The highest BCUT2D eigenvalue weighted by Crippen LogP contribution is 1.98. The monoisotopic (exact) mass is 199 g/mol. The highest BCUT2D eigenvalue weighted by molar-refractivity contribution is 5.14. The SMILES string of the molecule is c1ccc(CNCc2cnccn2)cc1. The standard InChI is InChI=1S/C12H13N3/c1-2-4-11(5-3-1)8-14-10-12-9-13-6-7-15-12/h1-7,9,14H,8,10H2. The number of hydrogen-bond acceptors (Lipinski definition) is 3. The molecule has 3 nitrogen and oxygen atoms in total. The summed E-state index contributed by atoms with van der Waals surface area (Å²) in [4.78, 5) is 8.19. The van der Waals surface area contributed by atoms with Gasteiger partial charge in [0, 0.05) is 31.7 Å². The van der Waals surface area contributed by atoms with Crippen LogP contribution >= 0.6 is 0 Å². The van der Waals surface area contributed by atoms with Crippen LogP contribution in [0.4, 0.5) is 0 Å². The van der Waals surface area contributed by atoms with Crippen LogP contribution in [0.1, 0.15) is 11.3 Å². The zero-order valence-electron chi connectivity index (χ0n) is 8.43. The maximum Gasteiger partial charge on any atom is 0.0724 e. The maximum absolute atomic E-state index is 4.18. The van der Waals surface area contributed by atoms with E-state index in [2.05, 4.69) is 27.4 Å². The van der Waals surface area contributed by atoms with E-state index < -0.39 is 0 Å². The summed E-state index contributed by atoms with van der Waals surface area (Å²) in [5.74, 6) is 0. The molecule has 15 heavy (non-hydrogen) atoms. The van der Waals surface area contributed by atoms with Crippen molar-refractivity contribution >= 4 is 0 Å². The van der Waals surface area contributed by atoms with Crippen LogP contribution in [0.2, 0.25) is 0 Å². The van der Waals surface area contributed by atoms with Gasteiger partial charge in [0.05, 0.1) is 5.69 Å². The van der Waals surface area contributed by atoms with Crippen molar-refractivity contribution in [2.24, 2.45) is 0 Å². The minimum atomic E-state index is 0.753. The molecule has 1 heterocycles. The molecular weight excluding hydrogens is 186 g/mol. The van der Waals surface area contributed by atoms with Crippen molar-refractivity contribution < 1.29 is 0 Å². The average molecular weight is 199 g/mol. The van der Waals surface area contributed by atoms with Crippen molar-refractivity contribution in [3.05, 3.63) is 60.2 Å². The number of aromatic nitrogens is 2. The van der Waals surface area contributed by atoms with Gasteiger partial charge in [-0.2, -0.15) is 0 Å². The van der Waals surface area contributed by atoms with Crippen LogP contribution in [-0.2, 0) is 13.1 Å². The molecule has 0 fully saturated rings. The van der Waals surface area contributed by atoms with Gasteiger partial charge in [-0.25, -0.2) is 0 Å². The average Bonchev–Trinajstić information content (AvgIpc) is 2.32. The van der Waals surface area contributed by atoms with Crippen molar-refractivity contribution in [2.75, 3.05) is 0 Å². The molecule has 0 saturated carbocycles. The number of nitrogens with zero attached hydrogens (tertiary/aromatic N) is 2. The lowest BCUT2D eigenvalue weighted by atomic mass is 10.2. The summed E-state index contributed by atoms with van der Waals surface area (Å²) in [5.41, 5.74) is 2.25. The van der Waals surface area contributed by atoms with Gasteiger partial charge in [0.25, 0.3) is 0 Å². The van der Waals surface area contributed by atoms with Gasteiger partial charge < -0.3 is 5.32 Å². The van der Waals surface area contributed by atoms with Crippen LogP contribution < -0.4 is 5.32 Å². The molecule has 2 rings (SSSR count). The molecule has 0 aliphatic heterocycles. The van der Waals surface area contributed by atoms with Gasteiger partial charge in [0.15, 0.2) is 0 Å². The van der Waals surface area contributed by atoms with Crippen molar-refractivity contribution in [2.45, 2.75) is 13.1 Å². The molecular formula is C12H13N3. The molecule has 1 aromatic heterocycles. The second-order valence-electron chi connectivity index (χ2n) is 3.29. The topological polar surface area (TPSA) is 37.8 Å². The molecule has 76 valence electrons. The summed E-state index contributed by atoms with van der Waals surface area (Å²) in [7, 11) is 0. The molecule has 0 aliphatic carbocycles. The molecule has 0 aliphatic rings. The molecule has 1 N–H and O–H groups in total. The normalized spacial score (nSPS) is 10.1. The van der Waals surface area contributed by atoms with E-state index >= 15 is 0 Å². The Bertz CT molecular complexity index is 347. The minimum absolute atomic E-state index is 0.753. The summed E-state index contributed by atoms with van der Waals surface area (Å²) < 4.78 is 0. The quantitative estimate of drug-likeness (QED) is 0.815. The molecule has 0 atom stereocenters. The van der Waals surface area contributed by atoms with Gasteiger partial charge in [0.1, 0.15) is 0 Å². The third-order valence-corrected chi connectivity index (χ3v) is 2.09. The first-order valence-corrected chi connectivity index (χ1v) is 4.95. The van der Waals surface area contributed by atoms with E-state index in [1.807, 2.05) is 18.2 Å². The van der Waals surface area contributed by atoms with Gasteiger partial charge in [0.2, 0.25) is 0 Å². The van der Waals surface area contributed by atoms with Gasteiger partial charge in [-0.1, -0.05) is 30.3 Å². The zero-order valence-corrected chi connectivity index (χ0v) is 8.43. The van der Waals surface area contributed by atoms with Crippen molar-refractivity contribution in [1.82, 2.24) is 15.3 Å². The summed E-state index contributed by atoms with van der Waals surface area (Å²) >= 11 is 0. The van der Waals surface area contributed by atoms with Gasteiger partial charge in [-0.05, 0) is 5.56 Å². The Morgan fingerprint density at radius 1 is 1.00 bits per heavy atom. The van der Waals surface area contributed by atoms with E-state index in [4.69, 9.17) is 0 Å². The van der Waals surface area contributed by atoms with Crippen molar-refractivity contribution in [3.63, 3.8) is 0 Å². The van der Waals surface area contributed by atoms with E-state index in [0.29, 0.717) is 0 Å². The van der Waals surface area contributed by atoms with Gasteiger partial charge in [-0.3, -0.25) is 9.97 Å². The van der Waals surface area contributed by atoms with E-state index in [0.717, 1.165) is 18.8 Å². The Balaban J connectivity index is 1.81. The second-order valence-corrected chi connectivity index (χ2v) is 3.29. The molecule has 0 saturated heterocycles.